The Bertz CT molecular complexity index is 1180. The van der Waals surface area contributed by atoms with Crippen LogP contribution in [-0.2, 0) is 0 Å². The molecular weight excluding hydrogens is 470 g/mol. The number of anilines is 1. The van der Waals surface area contributed by atoms with Gasteiger partial charge in [-0.05, 0) is 49.1 Å². The van der Waals surface area contributed by atoms with E-state index in [1.54, 1.807) is 59.8 Å². The van der Waals surface area contributed by atoms with E-state index in [4.69, 9.17) is 10.5 Å². The number of hydrogen-bond donors (Lipinski definition) is 5. The fourth-order valence-corrected chi connectivity index (χ4v) is 4.00. The zero-order chi connectivity index (χ0) is 22.9. The molecule has 0 atom stereocenters. The molecule has 1 aromatic carbocycles. The molecule has 0 aliphatic carbocycles. The first-order valence-corrected chi connectivity index (χ1v) is 11.1. The number of halogens is 1. The minimum atomic E-state index is -3.38. The summed E-state index contributed by atoms with van der Waals surface area (Å²) in [5.41, 5.74) is 6.46. The zero-order valence-corrected chi connectivity index (χ0v) is 19.4. The van der Waals surface area contributed by atoms with Gasteiger partial charge in [-0.3, -0.25) is 23.2 Å². The highest BCUT2D eigenvalue weighted by atomic mass is 35.5. The van der Waals surface area contributed by atoms with E-state index >= 15 is 0 Å². The number of carbonyl (C=O) groups is 1. The first kappa shape index (κ1) is 24.3. The molecular formula is C20H24ClN7O4S. The fourth-order valence-electron chi connectivity index (χ4n) is 3.12. The van der Waals surface area contributed by atoms with Crippen LogP contribution in [0.25, 0.3) is 5.82 Å². The van der Waals surface area contributed by atoms with Crippen LogP contribution in [0.3, 0.4) is 0 Å². The van der Waals surface area contributed by atoms with E-state index in [-0.39, 0.29) is 30.8 Å². The molecule has 0 saturated carbocycles. The van der Waals surface area contributed by atoms with Crippen LogP contribution < -0.4 is 20.5 Å². The second-order valence-corrected chi connectivity index (χ2v) is 9.20. The fraction of sp³-hybridized carbons (Fsp3) is 0.200. The number of nitrogens with one attached hydrogen (secondary N) is 2. The smallest absolute Gasteiger partial charge is 0.252 e. The second-order valence-electron chi connectivity index (χ2n) is 7.78. The number of amidine groups is 1. The Labute approximate surface area is 198 Å². The predicted octanol–water partition coefficient (Wildman–Crippen LogP) is 2.99. The van der Waals surface area contributed by atoms with Gasteiger partial charge in [-0.15, -0.1) is 16.8 Å². The second kappa shape index (κ2) is 9.27. The molecule has 3 aromatic rings. The first-order valence-electron chi connectivity index (χ1n) is 9.58. The molecule has 4 rings (SSSR count). The summed E-state index contributed by atoms with van der Waals surface area (Å²) in [6.45, 7) is 3.77. The van der Waals surface area contributed by atoms with Gasteiger partial charge < -0.3 is 15.8 Å². The molecule has 0 fully saturated rings. The number of aromatic nitrogens is 3. The minimum absolute atomic E-state index is 0. The maximum Gasteiger partial charge on any atom is 0.252 e. The van der Waals surface area contributed by atoms with Crippen molar-refractivity contribution < 1.29 is 18.6 Å². The van der Waals surface area contributed by atoms with Crippen molar-refractivity contribution in [2.45, 2.75) is 19.4 Å². The van der Waals surface area contributed by atoms with E-state index in [0.29, 0.717) is 28.4 Å². The highest BCUT2D eigenvalue weighted by molar-refractivity contribution is 8.24. The highest BCUT2D eigenvalue weighted by Gasteiger charge is 2.27. The number of carbonyl (C=O) groups excluding carboxylic acids is 1. The van der Waals surface area contributed by atoms with Crippen molar-refractivity contribution in [2.75, 3.05) is 11.3 Å². The molecule has 13 heteroatoms. The number of hydrogen-bond acceptors (Lipinski definition) is 9. The molecule has 2 aromatic heterocycles. The lowest BCUT2D eigenvalue weighted by molar-refractivity contribution is 0.0880. The van der Waals surface area contributed by atoms with Crippen molar-refractivity contribution in [1.29, 1.82) is 0 Å². The normalized spacial score (nSPS) is 15.2. The summed E-state index contributed by atoms with van der Waals surface area (Å²) in [4.78, 5) is 21.1. The molecule has 0 saturated heterocycles. The van der Waals surface area contributed by atoms with Crippen molar-refractivity contribution in [3.63, 3.8) is 0 Å². The Morgan fingerprint density at radius 2 is 2.09 bits per heavy atom. The average molecular weight is 494 g/mol. The van der Waals surface area contributed by atoms with Crippen LogP contribution in [0.1, 0.15) is 29.8 Å². The van der Waals surface area contributed by atoms with Gasteiger partial charge >= 0.3 is 0 Å². The summed E-state index contributed by atoms with van der Waals surface area (Å²) in [7, 11) is -3.38. The zero-order valence-electron chi connectivity index (χ0n) is 17.8. The topological polar surface area (TPSA) is 160 Å². The van der Waals surface area contributed by atoms with Gasteiger partial charge in [0.05, 0.1) is 16.8 Å². The van der Waals surface area contributed by atoms with Crippen molar-refractivity contribution in [3.05, 3.63) is 66.4 Å². The van der Waals surface area contributed by atoms with E-state index in [1.165, 1.54) is 0 Å². The number of amides is 1. The Balaban J connectivity index is 0.00000306. The first-order chi connectivity index (χ1) is 15.1. The molecule has 0 radical (unpaired) electrons. The molecule has 1 aliphatic heterocycles. The molecule has 0 bridgehead atoms. The monoisotopic (exact) mass is 493 g/mol. The Kier molecular flexibility index (Phi) is 6.84. The van der Waals surface area contributed by atoms with Gasteiger partial charge in [0.15, 0.2) is 5.84 Å². The van der Waals surface area contributed by atoms with Crippen molar-refractivity contribution in [3.8, 4) is 11.6 Å². The molecule has 33 heavy (non-hydrogen) atoms. The number of rotatable bonds is 6. The number of fused-ring (bicyclic) bond motifs is 1. The van der Waals surface area contributed by atoms with Crippen LogP contribution in [0.15, 0.2) is 59.6 Å². The molecule has 3 heterocycles. The maximum atomic E-state index is 12.8. The highest BCUT2D eigenvalue weighted by Crippen LogP contribution is 2.46. The standard InChI is InChI=1S/C20H23N7O4S.ClH/c1-20(2,24-19(28)13-6-7-23-16(10-13)27-9-8-22-12-27)11-31-15-5-3-4-14-17(15)18(21)26-32(29,30)25-14;/h3-10,12,25,29-30H,11H2,1-2H3,(H2,21,26)(H,24,28);1H. The lowest BCUT2D eigenvalue weighted by Crippen LogP contribution is -2.48. The Morgan fingerprint density at radius 1 is 1.30 bits per heavy atom. The van der Waals surface area contributed by atoms with Gasteiger partial charge in [-0.2, -0.15) is 0 Å². The predicted molar refractivity (Wildman–Crippen MR) is 129 cm³/mol. The van der Waals surface area contributed by atoms with Crippen LogP contribution in [0, 0.1) is 0 Å². The van der Waals surface area contributed by atoms with Gasteiger partial charge in [0.25, 0.3) is 5.91 Å². The summed E-state index contributed by atoms with van der Waals surface area (Å²) in [5.74, 6) is 0.655. The van der Waals surface area contributed by atoms with Gasteiger partial charge in [-0.1, -0.05) is 6.07 Å². The van der Waals surface area contributed by atoms with Gasteiger partial charge in [0.2, 0.25) is 0 Å². The maximum absolute atomic E-state index is 12.8. The number of ether oxygens (including phenoxy) is 1. The molecule has 11 nitrogen and oxygen atoms in total. The van der Waals surface area contributed by atoms with Crippen molar-refractivity contribution in [2.24, 2.45) is 10.1 Å². The van der Waals surface area contributed by atoms with Gasteiger partial charge in [0.1, 0.15) is 24.5 Å². The number of nitrogens with zero attached hydrogens (tertiary/aromatic N) is 4. The van der Waals surface area contributed by atoms with Crippen molar-refractivity contribution in [1.82, 2.24) is 19.9 Å². The Morgan fingerprint density at radius 3 is 2.82 bits per heavy atom. The Hall–Kier alpha value is -3.32. The summed E-state index contributed by atoms with van der Waals surface area (Å²) in [6, 6.07) is 8.32. The third kappa shape index (κ3) is 5.54. The van der Waals surface area contributed by atoms with E-state index in [0.717, 1.165) is 0 Å². The average Bonchev–Trinajstić information content (AvgIpc) is 3.26. The summed E-state index contributed by atoms with van der Waals surface area (Å²) in [6.07, 6.45) is 6.53. The molecule has 1 aliphatic rings. The van der Waals surface area contributed by atoms with Crippen LogP contribution in [0.4, 0.5) is 5.69 Å². The van der Waals surface area contributed by atoms with E-state index in [9.17, 15) is 13.9 Å². The van der Waals surface area contributed by atoms with Gasteiger partial charge in [-0.25, -0.2) is 9.97 Å². The molecule has 176 valence electrons. The van der Waals surface area contributed by atoms with Crippen molar-refractivity contribution >= 4 is 40.8 Å². The lowest BCUT2D eigenvalue weighted by Gasteiger charge is -2.34. The molecule has 6 N–H and O–H groups in total. The van der Waals surface area contributed by atoms with E-state index < -0.39 is 16.5 Å². The van der Waals surface area contributed by atoms with Crippen LogP contribution in [0.5, 0.6) is 5.75 Å². The quantitative estimate of drug-likeness (QED) is 0.350. The van der Waals surface area contributed by atoms with E-state index in [2.05, 4.69) is 24.4 Å². The largest absolute Gasteiger partial charge is 0.490 e. The molecule has 1 amide bonds. The van der Waals surface area contributed by atoms with E-state index in [1.807, 2.05) is 13.8 Å². The third-order valence-corrected chi connectivity index (χ3v) is 5.52. The summed E-state index contributed by atoms with van der Waals surface area (Å²) < 4.78 is 33.5. The van der Waals surface area contributed by atoms with Gasteiger partial charge in [0, 0.05) is 24.2 Å². The number of nitrogens with two attached hydrogens (primary N) is 1. The third-order valence-electron chi connectivity index (χ3n) is 4.57. The number of pyridine rings is 1. The number of benzene rings is 1. The summed E-state index contributed by atoms with van der Waals surface area (Å²) >= 11 is 0. The number of imidazole rings is 1. The SMILES string of the molecule is CC(C)(COc1cccc2c1C(N)=NS(O)(O)N2)NC(=O)c1ccnc(-n2ccnc2)c1.Cl. The lowest BCUT2D eigenvalue weighted by atomic mass is 10.1. The van der Waals surface area contributed by atoms with Crippen LogP contribution in [0.2, 0.25) is 0 Å². The van der Waals surface area contributed by atoms with Crippen LogP contribution in [-0.4, -0.2) is 47.5 Å². The summed E-state index contributed by atoms with van der Waals surface area (Å²) in [5, 5.41) is 2.95. The molecule has 0 unspecified atom stereocenters. The minimum Gasteiger partial charge on any atom is -0.490 e. The van der Waals surface area contributed by atoms with Crippen LogP contribution >= 0.6 is 23.4 Å². The molecule has 0 spiro atoms.